The fourth-order valence-corrected chi connectivity index (χ4v) is 1.93. The predicted octanol–water partition coefficient (Wildman–Crippen LogP) is 3.07. The number of halogens is 1. The van der Waals surface area contributed by atoms with Crippen LogP contribution in [0.15, 0.2) is 53.9 Å². The van der Waals surface area contributed by atoms with E-state index in [4.69, 9.17) is 4.74 Å². The minimum Gasteiger partial charge on any atom is -0.494 e. The standard InChI is InChI=1S/C15H12FN3O/c1-20-15-7-6-11(8-12(15)16)9-18-19-10-17-13-4-2-3-5-14(13)19/h2-10H,1H3/b18-9-. The number of hydrogen-bond donors (Lipinski definition) is 0. The number of hydrogen-bond acceptors (Lipinski definition) is 3. The highest BCUT2D eigenvalue weighted by atomic mass is 19.1. The highest BCUT2D eigenvalue weighted by Gasteiger charge is 2.02. The summed E-state index contributed by atoms with van der Waals surface area (Å²) >= 11 is 0. The van der Waals surface area contributed by atoms with Gasteiger partial charge >= 0.3 is 0 Å². The van der Waals surface area contributed by atoms with Crippen LogP contribution in [0.1, 0.15) is 5.56 Å². The van der Waals surface area contributed by atoms with E-state index in [9.17, 15) is 4.39 Å². The molecule has 2 aromatic carbocycles. The van der Waals surface area contributed by atoms with Gasteiger partial charge in [-0.2, -0.15) is 5.10 Å². The topological polar surface area (TPSA) is 39.4 Å². The second kappa shape index (κ2) is 5.13. The Labute approximate surface area is 115 Å². The Hall–Kier alpha value is -2.69. The number of para-hydroxylation sites is 2. The van der Waals surface area contributed by atoms with Crippen LogP contribution in [-0.2, 0) is 0 Å². The van der Waals surface area contributed by atoms with Crippen LogP contribution >= 0.6 is 0 Å². The lowest BCUT2D eigenvalue weighted by molar-refractivity contribution is 0.386. The molecule has 1 aromatic heterocycles. The molecule has 0 amide bonds. The number of rotatable bonds is 3. The molecule has 1 heterocycles. The van der Waals surface area contributed by atoms with E-state index in [1.54, 1.807) is 29.4 Å². The molecule has 0 aliphatic carbocycles. The molecule has 0 saturated heterocycles. The Morgan fingerprint density at radius 2 is 2.10 bits per heavy atom. The van der Waals surface area contributed by atoms with Crippen molar-refractivity contribution in [1.29, 1.82) is 0 Å². The Bertz CT molecular complexity index is 780. The lowest BCUT2D eigenvalue weighted by Crippen LogP contribution is -1.92. The van der Waals surface area contributed by atoms with Crippen molar-refractivity contribution in [2.45, 2.75) is 0 Å². The summed E-state index contributed by atoms with van der Waals surface area (Å²) in [7, 11) is 1.43. The van der Waals surface area contributed by atoms with Gasteiger partial charge in [-0.3, -0.25) is 0 Å². The van der Waals surface area contributed by atoms with Crippen LogP contribution in [0.4, 0.5) is 4.39 Å². The highest BCUT2D eigenvalue weighted by Crippen LogP contribution is 2.17. The average molecular weight is 269 g/mol. The average Bonchev–Trinajstić information content (AvgIpc) is 2.88. The van der Waals surface area contributed by atoms with Gasteiger partial charge in [0.1, 0.15) is 6.33 Å². The fourth-order valence-electron chi connectivity index (χ4n) is 1.93. The normalized spacial score (nSPS) is 11.3. The zero-order valence-electron chi connectivity index (χ0n) is 10.8. The van der Waals surface area contributed by atoms with Crippen molar-refractivity contribution in [2.24, 2.45) is 5.10 Å². The van der Waals surface area contributed by atoms with E-state index in [-0.39, 0.29) is 5.75 Å². The van der Waals surface area contributed by atoms with Gasteiger partial charge in [0.15, 0.2) is 11.6 Å². The minimum atomic E-state index is -0.410. The van der Waals surface area contributed by atoms with E-state index in [0.717, 1.165) is 11.0 Å². The minimum absolute atomic E-state index is 0.218. The van der Waals surface area contributed by atoms with Gasteiger partial charge in [-0.25, -0.2) is 14.1 Å². The van der Waals surface area contributed by atoms with Gasteiger partial charge < -0.3 is 4.74 Å². The van der Waals surface area contributed by atoms with Crippen molar-refractivity contribution in [3.63, 3.8) is 0 Å². The molecule has 100 valence electrons. The number of ether oxygens (including phenoxy) is 1. The SMILES string of the molecule is COc1ccc(/C=N\n2cnc3ccccc32)cc1F. The van der Waals surface area contributed by atoms with Gasteiger partial charge in [-0.1, -0.05) is 12.1 Å². The van der Waals surface area contributed by atoms with Gasteiger partial charge in [-0.15, -0.1) is 0 Å². The maximum absolute atomic E-state index is 13.6. The van der Waals surface area contributed by atoms with Gasteiger partial charge in [0.05, 0.1) is 24.4 Å². The van der Waals surface area contributed by atoms with E-state index < -0.39 is 5.82 Å². The van der Waals surface area contributed by atoms with E-state index in [1.807, 2.05) is 24.3 Å². The maximum Gasteiger partial charge on any atom is 0.165 e. The lowest BCUT2D eigenvalue weighted by atomic mass is 10.2. The van der Waals surface area contributed by atoms with Crippen LogP contribution in [-0.4, -0.2) is 23.0 Å². The second-order valence-corrected chi connectivity index (χ2v) is 4.22. The highest BCUT2D eigenvalue weighted by molar-refractivity contribution is 5.81. The van der Waals surface area contributed by atoms with Crippen LogP contribution in [0, 0.1) is 5.82 Å². The van der Waals surface area contributed by atoms with Crippen molar-refractivity contribution < 1.29 is 9.13 Å². The fraction of sp³-hybridized carbons (Fsp3) is 0.0667. The summed E-state index contributed by atoms with van der Waals surface area (Å²) in [6.45, 7) is 0. The van der Waals surface area contributed by atoms with Crippen molar-refractivity contribution in [3.05, 3.63) is 60.2 Å². The van der Waals surface area contributed by atoms with Crippen molar-refractivity contribution in [2.75, 3.05) is 7.11 Å². The predicted molar refractivity (Wildman–Crippen MR) is 75.7 cm³/mol. The summed E-state index contributed by atoms with van der Waals surface area (Å²) in [5.41, 5.74) is 2.42. The molecule has 0 fully saturated rings. The number of benzene rings is 2. The smallest absolute Gasteiger partial charge is 0.165 e. The first kappa shape index (κ1) is 12.3. The summed E-state index contributed by atoms with van der Waals surface area (Å²) in [5, 5.41) is 4.28. The quantitative estimate of drug-likeness (QED) is 0.685. The lowest BCUT2D eigenvalue weighted by Gasteiger charge is -2.01. The van der Waals surface area contributed by atoms with Crippen molar-refractivity contribution >= 4 is 17.2 Å². The Morgan fingerprint density at radius 3 is 2.90 bits per heavy atom. The first-order valence-electron chi connectivity index (χ1n) is 6.08. The molecule has 0 radical (unpaired) electrons. The summed E-state index contributed by atoms with van der Waals surface area (Å²) in [4.78, 5) is 4.23. The number of methoxy groups -OCH3 is 1. The first-order chi connectivity index (χ1) is 9.78. The van der Waals surface area contributed by atoms with E-state index in [0.29, 0.717) is 5.56 Å². The number of aromatic nitrogens is 2. The molecule has 0 aliphatic rings. The third kappa shape index (κ3) is 2.25. The van der Waals surface area contributed by atoms with Crippen LogP contribution in [0.5, 0.6) is 5.75 Å². The number of imidazole rings is 1. The third-order valence-electron chi connectivity index (χ3n) is 2.94. The molecule has 5 heteroatoms. The molecular weight excluding hydrogens is 257 g/mol. The summed E-state index contributed by atoms with van der Waals surface area (Å²) in [5.74, 6) is -0.192. The molecular formula is C15H12FN3O. The zero-order chi connectivity index (χ0) is 13.9. The molecule has 4 nitrogen and oxygen atoms in total. The number of nitrogens with zero attached hydrogens (tertiary/aromatic N) is 3. The van der Waals surface area contributed by atoms with Crippen molar-refractivity contribution in [3.8, 4) is 5.75 Å². The summed E-state index contributed by atoms with van der Waals surface area (Å²) in [6, 6.07) is 12.4. The molecule has 0 spiro atoms. The molecule has 20 heavy (non-hydrogen) atoms. The van der Waals surface area contributed by atoms with Crippen LogP contribution < -0.4 is 4.74 Å². The molecule has 0 N–H and O–H groups in total. The second-order valence-electron chi connectivity index (χ2n) is 4.22. The third-order valence-corrected chi connectivity index (χ3v) is 2.94. The maximum atomic E-state index is 13.6. The van der Waals surface area contributed by atoms with E-state index in [2.05, 4.69) is 10.1 Å². The molecule has 3 rings (SSSR count). The van der Waals surface area contributed by atoms with Gasteiger partial charge in [0.25, 0.3) is 0 Å². The molecule has 0 bridgehead atoms. The van der Waals surface area contributed by atoms with Crippen LogP contribution in [0.25, 0.3) is 11.0 Å². The molecule has 3 aromatic rings. The van der Waals surface area contributed by atoms with Crippen LogP contribution in [0.3, 0.4) is 0 Å². The molecule has 0 unspecified atom stereocenters. The van der Waals surface area contributed by atoms with Gasteiger partial charge in [-0.05, 0) is 35.9 Å². The van der Waals surface area contributed by atoms with E-state index in [1.165, 1.54) is 13.2 Å². The monoisotopic (exact) mass is 269 g/mol. The van der Waals surface area contributed by atoms with Crippen molar-refractivity contribution in [1.82, 2.24) is 9.66 Å². The number of fused-ring (bicyclic) bond motifs is 1. The zero-order valence-corrected chi connectivity index (χ0v) is 10.8. The van der Waals surface area contributed by atoms with Gasteiger partial charge in [0, 0.05) is 0 Å². The van der Waals surface area contributed by atoms with Gasteiger partial charge in [0.2, 0.25) is 0 Å². The first-order valence-corrected chi connectivity index (χ1v) is 6.08. The largest absolute Gasteiger partial charge is 0.494 e. The Kier molecular flexibility index (Phi) is 3.16. The molecule has 0 saturated carbocycles. The molecule has 0 aliphatic heterocycles. The Morgan fingerprint density at radius 1 is 1.25 bits per heavy atom. The van der Waals surface area contributed by atoms with Crippen LogP contribution in [0.2, 0.25) is 0 Å². The Balaban J connectivity index is 1.92. The summed E-state index contributed by atoms with van der Waals surface area (Å²) < 4.78 is 20.1. The van der Waals surface area contributed by atoms with E-state index >= 15 is 0 Å². The summed E-state index contributed by atoms with van der Waals surface area (Å²) in [6.07, 6.45) is 3.21. The molecule has 0 atom stereocenters.